The molecule has 2 amide bonds. The summed E-state index contributed by atoms with van der Waals surface area (Å²) in [6.45, 7) is 0.643. The molecule has 0 aromatic heterocycles. The second-order valence-corrected chi connectivity index (χ2v) is 10.6. The van der Waals surface area contributed by atoms with Crippen molar-refractivity contribution < 1.29 is 44.2 Å². The van der Waals surface area contributed by atoms with Crippen LogP contribution in [-0.2, 0) is 22.4 Å². The molecule has 11 heteroatoms. The van der Waals surface area contributed by atoms with Crippen molar-refractivity contribution in [2.75, 3.05) is 27.3 Å². The number of aliphatic hydroxyl groups is 1. The van der Waals surface area contributed by atoms with Gasteiger partial charge >= 0.3 is 0 Å². The van der Waals surface area contributed by atoms with E-state index in [2.05, 4.69) is 10.6 Å². The van der Waals surface area contributed by atoms with Gasteiger partial charge in [0, 0.05) is 19.2 Å². The molecule has 47 heavy (non-hydrogen) atoms. The van der Waals surface area contributed by atoms with Gasteiger partial charge in [-0.1, -0.05) is 36.4 Å². The summed E-state index contributed by atoms with van der Waals surface area (Å²) in [5.41, 5.74) is 2.77. The highest BCUT2D eigenvalue weighted by molar-refractivity contribution is 5.91. The molecule has 2 atom stereocenters. The van der Waals surface area contributed by atoms with Gasteiger partial charge in [0.25, 0.3) is 5.91 Å². The van der Waals surface area contributed by atoms with Gasteiger partial charge in [0.05, 0.1) is 14.2 Å². The molecule has 246 valence electrons. The molecular weight excluding hydrogens is 604 g/mol. The number of methoxy groups -OCH3 is 2. The summed E-state index contributed by atoms with van der Waals surface area (Å²) >= 11 is 0. The molecular formula is C36H38N2O9. The monoisotopic (exact) mass is 642 g/mol. The summed E-state index contributed by atoms with van der Waals surface area (Å²) in [5.74, 6) is -0.148. The third-order valence-corrected chi connectivity index (χ3v) is 7.26. The van der Waals surface area contributed by atoms with E-state index in [4.69, 9.17) is 14.2 Å². The molecule has 0 aliphatic heterocycles. The number of phenolic OH excluding ortho intramolecular Hbond substituents is 3. The van der Waals surface area contributed by atoms with Gasteiger partial charge in [-0.3, -0.25) is 9.59 Å². The standard InChI is InChI=1S/C36H38N2O9/c1-45-31-22-26(9-14-29(31)41)34(43)35(36(44)38-20-18-24-5-12-28(40)13-6-24)47-30-15-7-25(21-32(30)46-2)8-16-33(42)37-19-17-23-3-10-27(39)11-4-23/h3-16,21-22,34-35,39-41,43H,17-20H2,1-2H3,(H,37,42)(H,38,44). The van der Waals surface area contributed by atoms with Crippen molar-refractivity contribution in [3.8, 4) is 34.5 Å². The van der Waals surface area contributed by atoms with Crippen LogP contribution in [0.1, 0.15) is 28.4 Å². The molecule has 2 unspecified atom stereocenters. The Kier molecular flexibility index (Phi) is 12.1. The molecule has 0 bridgehead atoms. The van der Waals surface area contributed by atoms with E-state index in [1.165, 1.54) is 38.5 Å². The van der Waals surface area contributed by atoms with E-state index < -0.39 is 18.1 Å². The number of carbonyl (C=O) groups is 2. The van der Waals surface area contributed by atoms with Gasteiger partial charge in [-0.05, 0) is 89.7 Å². The molecule has 4 aromatic carbocycles. The van der Waals surface area contributed by atoms with Crippen LogP contribution in [0.5, 0.6) is 34.5 Å². The second kappa shape index (κ2) is 16.6. The van der Waals surface area contributed by atoms with Crippen molar-refractivity contribution >= 4 is 17.9 Å². The third kappa shape index (κ3) is 9.90. The molecule has 0 radical (unpaired) electrons. The number of rotatable bonds is 15. The van der Waals surface area contributed by atoms with Crippen LogP contribution in [0.2, 0.25) is 0 Å². The lowest BCUT2D eigenvalue weighted by Crippen LogP contribution is -2.43. The fraction of sp³-hybridized carbons (Fsp3) is 0.222. The lowest BCUT2D eigenvalue weighted by atomic mass is 10.0. The molecule has 4 rings (SSSR count). The molecule has 0 fully saturated rings. The van der Waals surface area contributed by atoms with Crippen LogP contribution in [0.25, 0.3) is 6.08 Å². The Hall–Kier alpha value is -5.68. The summed E-state index contributed by atoms with van der Waals surface area (Å²) < 4.78 is 16.8. The number of hydrogen-bond donors (Lipinski definition) is 6. The number of phenols is 3. The third-order valence-electron chi connectivity index (χ3n) is 7.26. The van der Waals surface area contributed by atoms with E-state index in [0.29, 0.717) is 24.9 Å². The largest absolute Gasteiger partial charge is 0.508 e. The van der Waals surface area contributed by atoms with Crippen LogP contribution < -0.4 is 24.8 Å². The summed E-state index contributed by atoms with van der Waals surface area (Å²) in [5, 5.41) is 45.9. The fourth-order valence-electron chi connectivity index (χ4n) is 4.65. The highest BCUT2D eigenvalue weighted by Gasteiger charge is 2.32. The van der Waals surface area contributed by atoms with Gasteiger partial charge in [-0.2, -0.15) is 0 Å². The minimum absolute atomic E-state index is 0.117. The summed E-state index contributed by atoms with van der Waals surface area (Å²) in [6, 6.07) is 22.5. The quantitative estimate of drug-likeness (QED) is 0.105. The van der Waals surface area contributed by atoms with Crippen molar-refractivity contribution in [2.24, 2.45) is 0 Å². The van der Waals surface area contributed by atoms with Gasteiger partial charge in [0.2, 0.25) is 12.0 Å². The molecule has 4 aromatic rings. The first-order chi connectivity index (χ1) is 22.7. The SMILES string of the molecule is COc1cc(C(O)C(Oc2ccc(C=CC(=O)NCCc3ccc(O)cc3)cc2OC)C(=O)NCCc2ccc(O)cc2)ccc1O. The Bertz CT molecular complexity index is 1670. The van der Waals surface area contributed by atoms with E-state index in [9.17, 15) is 30.0 Å². The zero-order valence-corrected chi connectivity index (χ0v) is 26.1. The maximum Gasteiger partial charge on any atom is 0.264 e. The van der Waals surface area contributed by atoms with Crippen molar-refractivity contribution in [2.45, 2.75) is 25.0 Å². The van der Waals surface area contributed by atoms with E-state index in [-0.39, 0.29) is 52.5 Å². The van der Waals surface area contributed by atoms with Crippen LogP contribution in [-0.4, -0.2) is 65.7 Å². The number of ether oxygens (including phenoxy) is 3. The zero-order valence-electron chi connectivity index (χ0n) is 26.1. The number of aromatic hydroxyl groups is 3. The number of carbonyl (C=O) groups excluding carboxylic acids is 2. The maximum absolute atomic E-state index is 13.4. The zero-order chi connectivity index (χ0) is 33.8. The topological polar surface area (TPSA) is 167 Å². The molecule has 11 nitrogen and oxygen atoms in total. The molecule has 0 aliphatic carbocycles. The smallest absolute Gasteiger partial charge is 0.264 e. The minimum Gasteiger partial charge on any atom is -0.508 e. The predicted octanol–water partition coefficient (Wildman–Crippen LogP) is 4.03. The average Bonchev–Trinajstić information content (AvgIpc) is 3.08. The van der Waals surface area contributed by atoms with Crippen LogP contribution in [0, 0.1) is 0 Å². The van der Waals surface area contributed by atoms with E-state index >= 15 is 0 Å². The summed E-state index contributed by atoms with van der Waals surface area (Å²) in [6.07, 6.45) is 1.17. The first kappa shape index (κ1) is 34.2. The minimum atomic E-state index is -1.47. The molecule has 0 spiro atoms. The average molecular weight is 643 g/mol. The number of benzene rings is 4. The van der Waals surface area contributed by atoms with Crippen LogP contribution in [0.4, 0.5) is 0 Å². The van der Waals surface area contributed by atoms with Crippen molar-refractivity contribution in [3.63, 3.8) is 0 Å². The molecule has 0 aliphatic rings. The second-order valence-electron chi connectivity index (χ2n) is 10.6. The van der Waals surface area contributed by atoms with Gasteiger partial charge in [0.15, 0.2) is 23.0 Å². The Morgan fingerprint density at radius 1 is 0.723 bits per heavy atom. The van der Waals surface area contributed by atoms with E-state index in [1.807, 2.05) is 0 Å². The van der Waals surface area contributed by atoms with Crippen LogP contribution >= 0.6 is 0 Å². The first-order valence-electron chi connectivity index (χ1n) is 14.9. The molecule has 0 heterocycles. The van der Waals surface area contributed by atoms with Gasteiger partial charge in [0.1, 0.15) is 17.6 Å². The van der Waals surface area contributed by atoms with Crippen LogP contribution in [0.15, 0.2) is 91.0 Å². The van der Waals surface area contributed by atoms with Crippen molar-refractivity contribution in [1.29, 1.82) is 0 Å². The Morgan fingerprint density at radius 3 is 1.91 bits per heavy atom. The van der Waals surface area contributed by atoms with Crippen LogP contribution in [0.3, 0.4) is 0 Å². The van der Waals surface area contributed by atoms with Gasteiger partial charge in [-0.15, -0.1) is 0 Å². The van der Waals surface area contributed by atoms with Gasteiger partial charge < -0.3 is 45.3 Å². The molecule has 0 saturated carbocycles. The van der Waals surface area contributed by atoms with Crippen molar-refractivity contribution in [3.05, 3.63) is 113 Å². The van der Waals surface area contributed by atoms with Crippen molar-refractivity contribution in [1.82, 2.24) is 10.6 Å². The lowest BCUT2D eigenvalue weighted by molar-refractivity contribution is -0.133. The number of aliphatic hydroxyl groups excluding tert-OH is 1. The van der Waals surface area contributed by atoms with E-state index in [0.717, 1.165) is 11.1 Å². The Morgan fingerprint density at radius 2 is 1.32 bits per heavy atom. The first-order valence-corrected chi connectivity index (χ1v) is 14.9. The lowest BCUT2D eigenvalue weighted by Gasteiger charge is -2.25. The fourth-order valence-corrected chi connectivity index (χ4v) is 4.65. The predicted molar refractivity (Wildman–Crippen MR) is 176 cm³/mol. The van der Waals surface area contributed by atoms with E-state index in [1.54, 1.807) is 72.8 Å². The number of hydrogen-bond acceptors (Lipinski definition) is 9. The highest BCUT2D eigenvalue weighted by Crippen LogP contribution is 2.34. The van der Waals surface area contributed by atoms with Gasteiger partial charge in [-0.25, -0.2) is 0 Å². The normalized spacial score (nSPS) is 12.2. The summed E-state index contributed by atoms with van der Waals surface area (Å²) in [4.78, 5) is 25.8. The highest BCUT2D eigenvalue weighted by atomic mass is 16.5. The Balaban J connectivity index is 1.46. The number of amides is 2. The molecule has 0 saturated heterocycles. The summed E-state index contributed by atoms with van der Waals surface area (Å²) in [7, 11) is 2.80. The molecule has 6 N–H and O–H groups in total. The maximum atomic E-state index is 13.4. The Labute approximate surface area is 272 Å². The number of nitrogens with one attached hydrogen (secondary N) is 2.